The molecule has 0 saturated carbocycles. The van der Waals surface area contributed by atoms with Gasteiger partial charge >= 0.3 is 6.09 Å². The Morgan fingerprint density at radius 3 is 2.27 bits per heavy atom. The highest BCUT2D eigenvalue weighted by Crippen LogP contribution is 2.08. The van der Waals surface area contributed by atoms with E-state index < -0.39 is 11.7 Å². The molecule has 0 fully saturated rings. The molecule has 1 amide bonds. The van der Waals surface area contributed by atoms with Crippen molar-refractivity contribution in [3.63, 3.8) is 0 Å². The molecule has 0 aromatic carbocycles. The standard InChI is InChI=1S/C9H19N3O2.ClH/c1-9(2,3)14-8(13)12(4)6-5-7(10)11;/h5-6H2,1-4H3,(H3,10,11);1H. The second-order valence-electron chi connectivity index (χ2n) is 4.18. The van der Waals surface area contributed by atoms with Crippen molar-refractivity contribution in [3.8, 4) is 0 Å². The van der Waals surface area contributed by atoms with Gasteiger partial charge in [-0.25, -0.2) is 4.79 Å². The SMILES string of the molecule is CN(CCC(=N)N)C(=O)OC(C)(C)C.Cl. The molecular formula is C9H20ClN3O2. The Morgan fingerprint density at radius 2 is 1.93 bits per heavy atom. The Balaban J connectivity index is 0. The maximum atomic E-state index is 11.4. The summed E-state index contributed by atoms with van der Waals surface area (Å²) in [5, 5.41) is 7.01. The number of hydrogen-bond donors (Lipinski definition) is 2. The van der Waals surface area contributed by atoms with E-state index in [1.165, 1.54) is 4.90 Å². The number of hydrogen-bond acceptors (Lipinski definition) is 3. The van der Waals surface area contributed by atoms with Gasteiger partial charge in [0.2, 0.25) is 0 Å². The van der Waals surface area contributed by atoms with Crippen molar-refractivity contribution >= 4 is 24.3 Å². The molecule has 0 spiro atoms. The second-order valence-corrected chi connectivity index (χ2v) is 4.18. The molecule has 90 valence electrons. The van der Waals surface area contributed by atoms with Gasteiger partial charge in [0.1, 0.15) is 5.60 Å². The zero-order valence-corrected chi connectivity index (χ0v) is 10.5. The largest absolute Gasteiger partial charge is 0.444 e. The van der Waals surface area contributed by atoms with Gasteiger partial charge in [-0.2, -0.15) is 0 Å². The lowest BCUT2D eigenvalue weighted by Gasteiger charge is -2.24. The maximum absolute atomic E-state index is 11.4. The van der Waals surface area contributed by atoms with E-state index in [0.29, 0.717) is 13.0 Å². The summed E-state index contributed by atoms with van der Waals surface area (Å²) in [6, 6.07) is 0. The average Bonchev–Trinajstić information content (AvgIpc) is 1.96. The van der Waals surface area contributed by atoms with Crippen LogP contribution in [0.4, 0.5) is 4.79 Å². The summed E-state index contributed by atoms with van der Waals surface area (Å²) in [7, 11) is 1.62. The molecule has 0 radical (unpaired) electrons. The fourth-order valence-electron chi connectivity index (χ4n) is 0.719. The van der Waals surface area contributed by atoms with Crippen molar-refractivity contribution in [1.29, 1.82) is 5.41 Å². The van der Waals surface area contributed by atoms with Crippen LogP contribution in [0.5, 0.6) is 0 Å². The molecule has 0 aliphatic rings. The van der Waals surface area contributed by atoms with E-state index in [4.69, 9.17) is 15.9 Å². The number of rotatable bonds is 3. The summed E-state index contributed by atoms with van der Waals surface area (Å²) < 4.78 is 5.11. The van der Waals surface area contributed by atoms with E-state index in [1.54, 1.807) is 7.05 Å². The zero-order valence-electron chi connectivity index (χ0n) is 9.66. The smallest absolute Gasteiger partial charge is 0.410 e. The Kier molecular flexibility index (Phi) is 7.13. The van der Waals surface area contributed by atoms with Gasteiger partial charge in [-0.1, -0.05) is 0 Å². The number of nitrogens with two attached hydrogens (primary N) is 1. The molecule has 0 bridgehead atoms. The van der Waals surface area contributed by atoms with E-state index in [2.05, 4.69) is 0 Å². The Bertz CT molecular complexity index is 226. The molecule has 0 aliphatic carbocycles. The van der Waals surface area contributed by atoms with Crippen LogP contribution in [0.3, 0.4) is 0 Å². The van der Waals surface area contributed by atoms with Crippen LogP contribution in [0.2, 0.25) is 0 Å². The molecule has 0 aromatic heterocycles. The number of carbonyl (C=O) groups excluding carboxylic acids is 1. The number of amidine groups is 1. The van der Waals surface area contributed by atoms with E-state index >= 15 is 0 Å². The first kappa shape index (κ1) is 16.5. The van der Waals surface area contributed by atoms with Gasteiger partial charge in [0.05, 0.1) is 5.84 Å². The van der Waals surface area contributed by atoms with E-state index in [1.807, 2.05) is 20.8 Å². The third kappa shape index (κ3) is 9.34. The Hall–Kier alpha value is -0.970. The van der Waals surface area contributed by atoms with Gasteiger partial charge in [-0.3, -0.25) is 5.41 Å². The second kappa shape index (κ2) is 6.50. The fourth-order valence-corrected chi connectivity index (χ4v) is 0.719. The van der Waals surface area contributed by atoms with Crippen LogP contribution in [0, 0.1) is 5.41 Å². The predicted octanol–water partition coefficient (Wildman–Crippen LogP) is 1.60. The first-order valence-electron chi connectivity index (χ1n) is 4.49. The van der Waals surface area contributed by atoms with E-state index in [-0.39, 0.29) is 18.2 Å². The number of ether oxygens (including phenoxy) is 1. The molecule has 6 heteroatoms. The van der Waals surface area contributed by atoms with Gasteiger partial charge < -0.3 is 15.4 Å². The van der Waals surface area contributed by atoms with Crippen LogP contribution in [0.15, 0.2) is 0 Å². The van der Waals surface area contributed by atoms with Gasteiger partial charge in [-0.15, -0.1) is 12.4 Å². The summed E-state index contributed by atoms with van der Waals surface area (Å²) in [4.78, 5) is 12.8. The molecule has 15 heavy (non-hydrogen) atoms. The minimum atomic E-state index is -0.485. The summed E-state index contributed by atoms with van der Waals surface area (Å²) in [6.45, 7) is 5.83. The average molecular weight is 238 g/mol. The highest BCUT2D eigenvalue weighted by molar-refractivity contribution is 5.85. The highest BCUT2D eigenvalue weighted by Gasteiger charge is 2.19. The van der Waals surface area contributed by atoms with Crippen LogP contribution in [-0.4, -0.2) is 36.0 Å². The van der Waals surface area contributed by atoms with Crippen LogP contribution >= 0.6 is 12.4 Å². The normalized spacial score (nSPS) is 10.1. The first-order valence-corrected chi connectivity index (χ1v) is 4.49. The molecule has 0 saturated heterocycles. The molecule has 0 unspecified atom stereocenters. The molecule has 5 nitrogen and oxygen atoms in total. The van der Waals surface area contributed by atoms with Crippen LogP contribution in [-0.2, 0) is 4.74 Å². The summed E-state index contributed by atoms with van der Waals surface area (Å²) in [6.07, 6.45) is -0.0193. The molecule has 0 heterocycles. The lowest BCUT2D eigenvalue weighted by molar-refractivity contribution is 0.0303. The minimum absolute atomic E-state index is 0. The zero-order chi connectivity index (χ0) is 11.4. The van der Waals surface area contributed by atoms with Crippen LogP contribution in [0.25, 0.3) is 0 Å². The number of carbonyl (C=O) groups is 1. The van der Waals surface area contributed by atoms with E-state index in [9.17, 15) is 4.79 Å². The lowest BCUT2D eigenvalue weighted by Crippen LogP contribution is -2.35. The summed E-state index contributed by atoms with van der Waals surface area (Å²) in [5.41, 5.74) is 4.69. The first-order chi connectivity index (χ1) is 6.22. The third-order valence-corrected chi connectivity index (χ3v) is 1.42. The number of amides is 1. The molecule has 0 aliphatic heterocycles. The van der Waals surface area contributed by atoms with Crippen molar-refractivity contribution in [2.75, 3.05) is 13.6 Å². The summed E-state index contributed by atoms with van der Waals surface area (Å²) in [5.74, 6) is 0.0698. The molecule has 3 N–H and O–H groups in total. The lowest BCUT2D eigenvalue weighted by atomic mass is 10.2. The van der Waals surface area contributed by atoms with Gasteiger partial charge in [0.15, 0.2) is 0 Å². The van der Waals surface area contributed by atoms with Crippen molar-refractivity contribution in [3.05, 3.63) is 0 Å². The van der Waals surface area contributed by atoms with Crippen molar-refractivity contribution in [1.82, 2.24) is 4.90 Å². The molecule has 0 rings (SSSR count). The highest BCUT2D eigenvalue weighted by atomic mass is 35.5. The Labute approximate surface area is 96.9 Å². The van der Waals surface area contributed by atoms with E-state index in [0.717, 1.165) is 0 Å². The van der Waals surface area contributed by atoms with Crippen molar-refractivity contribution in [2.45, 2.75) is 32.8 Å². The number of nitrogens with one attached hydrogen (secondary N) is 1. The topological polar surface area (TPSA) is 79.4 Å². The van der Waals surface area contributed by atoms with Crippen LogP contribution in [0.1, 0.15) is 27.2 Å². The predicted molar refractivity (Wildman–Crippen MR) is 62.6 cm³/mol. The Morgan fingerprint density at radius 1 is 1.47 bits per heavy atom. The quantitative estimate of drug-likeness (QED) is 0.578. The molecular weight excluding hydrogens is 218 g/mol. The van der Waals surface area contributed by atoms with Gasteiger partial charge in [-0.05, 0) is 20.8 Å². The monoisotopic (exact) mass is 237 g/mol. The molecule has 0 aromatic rings. The van der Waals surface area contributed by atoms with Crippen molar-refractivity contribution in [2.24, 2.45) is 5.73 Å². The maximum Gasteiger partial charge on any atom is 0.410 e. The third-order valence-electron chi connectivity index (χ3n) is 1.42. The number of nitrogens with zero attached hydrogens (tertiary/aromatic N) is 1. The summed E-state index contributed by atoms with van der Waals surface area (Å²) >= 11 is 0. The van der Waals surface area contributed by atoms with Crippen molar-refractivity contribution < 1.29 is 9.53 Å². The number of halogens is 1. The fraction of sp³-hybridized carbons (Fsp3) is 0.778. The minimum Gasteiger partial charge on any atom is -0.444 e. The van der Waals surface area contributed by atoms with Crippen LogP contribution < -0.4 is 5.73 Å². The van der Waals surface area contributed by atoms with Gasteiger partial charge in [0, 0.05) is 20.0 Å². The van der Waals surface area contributed by atoms with Gasteiger partial charge in [0.25, 0.3) is 0 Å². The molecule has 0 atom stereocenters.